The molecule has 2 aromatic heterocycles. The van der Waals surface area contributed by atoms with E-state index < -0.39 is 0 Å². The summed E-state index contributed by atoms with van der Waals surface area (Å²) in [6.45, 7) is 6.33. The van der Waals surface area contributed by atoms with Crippen LogP contribution in [0, 0.1) is 20.8 Å². The molecule has 0 aliphatic carbocycles. The lowest BCUT2D eigenvalue weighted by atomic mass is 9.99. The van der Waals surface area contributed by atoms with Crippen molar-refractivity contribution in [2.75, 3.05) is 0 Å². The number of hydrogen-bond acceptors (Lipinski definition) is 4. The third-order valence-electron chi connectivity index (χ3n) is 4.53. The number of fused-ring (bicyclic) bond motifs is 1. The molecule has 0 aliphatic rings. The molecule has 0 bridgehead atoms. The van der Waals surface area contributed by atoms with Crippen LogP contribution < -0.4 is 0 Å². The van der Waals surface area contributed by atoms with Gasteiger partial charge in [0.05, 0.1) is 5.39 Å². The first-order valence-corrected chi connectivity index (χ1v) is 11.0. The topological polar surface area (TPSA) is 25.8 Å². The van der Waals surface area contributed by atoms with Crippen molar-refractivity contribution >= 4 is 44.9 Å². The van der Waals surface area contributed by atoms with E-state index in [1.165, 1.54) is 27.8 Å². The molecule has 4 rings (SSSR count). The van der Waals surface area contributed by atoms with Crippen LogP contribution in [0.2, 0.25) is 5.15 Å². The summed E-state index contributed by atoms with van der Waals surface area (Å²) in [6.07, 6.45) is 0. The van der Waals surface area contributed by atoms with Crippen LogP contribution in [-0.2, 0) is 5.75 Å². The highest BCUT2D eigenvalue weighted by Crippen LogP contribution is 2.39. The lowest BCUT2D eigenvalue weighted by molar-refractivity contribution is 1.01. The van der Waals surface area contributed by atoms with Crippen molar-refractivity contribution < 1.29 is 0 Å². The predicted octanol–water partition coefficient (Wildman–Crippen LogP) is 7.23. The van der Waals surface area contributed by atoms with E-state index in [2.05, 4.69) is 73.6 Å². The first kappa shape index (κ1) is 18.5. The van der Waals surface area contributed by atoms with Gasteiger partial charge in [-0.15, -0.1) is 11.3 Å². The Morgan fingerprint density at radius 1 is 0.926 bits per heavy atom. The summed E-state index contributed by atoms with van der Waals surface area (Å²) < 4.78 is 0. The van der Waals surface area contributed by atoms with Gasteiger partial charge in [-0.2, -0.15) is 0 Å². The molecule has 0 saturated heterocycles. The number of aromatic nitrogens is 2. The van der Waals surface area contributed by atoms with Crippen molar-refractivity contribution in [2.24, 2.45) is 0 Å². The van der Waals surface area contributed by atoms with Gasteiger partial charge in [-0.05, 0) is 37.5 Å². The minimum absolute atomic E-state index is 0.530. The average Bonchev–Trinajstić information content (AvgIpc) is 3.05. The molecule has 2 heterocycles. The van der Waals surface area contributed by atoms with Gasteiger partial charge < -0.3 is 0 Å². The van der Waals surface area contributed by atoms with Crippen molar-refractivity contribution in [3.8, 4) is 11.1 Å². The zero-order valence-corrected chi connectivity index (χ0v) is 17.8. The van der Waals surface area contributed by atoms with Gasteiger partial charge in [0.1, 0.15) is 9.98 Å². The third-order valence-corrected chi connectivity index (χ3v) is 6.59. The molecule has 0 unspecified atom stereocenters. The van der Waals surface area contributed by atoms with Crippen LogP contribution in [0.25, 0.3) is 21.3 Å². The zero-order valence-electron chi connectivity index (χ0n) is 15.4. The van der Waals surface area contributed by atoms with Crippen LogP contribution >= 0.6 is 34.7 Å². The second kappa shape index (κ2) is 7.63. The Morgan fingerprint density at radius 3 is 2.41 bits per heavy atom. The van der Waals surface area contributed by atoms with Gasteiger partial charge in [0.25, 0.3) is 0 Å². The maximum atomic E-state index is 6.59. The summed E-state index contributed by atoms with van der Waals surface area (Å²) in [7, 11) is 0. The molecule has 136 valence electrons. The fourth-order valence-corrected chi connectivity index (χ4v) is 5.26. The van der Waals surface area contributed by atoms with Gasteiger partial charge in [-0.25, -0.2) is 9.97 Å². The minimum Gasteiger partial charge on any atom is -0.211 e. The molecule has 0 atom stereocenters. The quantitative estimate of drug-likeness (QED) is 0.201. The van der Waals surface area contributed by atoms with Gasteiger partial charge >= 0.3 is 0 Å². The van der Waals surface area contributed by atoms with E-state index >= 15 is 0 Å². The van der Waals surface area contributed by atoms with Crippen LogP contribution in [0.3, 0.4) is 0 Å². The SMILES string of the molecule is Cc1ccc(CSc2nc(Cl)c3c(-c4ccc(C)cc4C)csc3n2)cc1. The number of halogens is 1. The molecular weight excluding hydrogens is 392 g/mol. The predicted molar refractivity (Wildman–Crippen MR) is 118 cm³/mol. The molecule has 0 spiro atoms. The Morgan fingerprint density at radius 2 is 1.67 bits per heavy atom. The molecular formula is C22H19ClN2S2. The van der Waals surface area contributed by atoms with Crippen LogP contribution in [0.15, 0.2) is 53.0 Å². The van der Waals surface area contributed by atoms with Gasteiger partial charge in [0.15, 0.2) is 5.16 Å². The van der Waals surface area contributed by atoms with E-state index in [4.69, 9.17) is 16.6 Å². The standard InChI is InChI=1S/C22H19ClN2S2/c1-13-4-7-16(8-5-13)11-27-22-24-20(23)19-18(12-26-21(19)25-22)17-9-6-14(2)10-15(17)3/h4-10,12H,11H2,1-3H3. The summed E-state index contributed by atoms with van der Waals surface area (Å²) in [4.78, 5) is 10.3. The van der Waals surface area contributed by atoms with Crippen molar-refractivity contribution in [2.45, 2.75) is 31.7 Å². The fraction of sp³-hybridized carbons (Fsp3) is 0.182. The molecule has 2 aromatic carbocycles. The summed E-state index contributed by atoms with van der Waals surface area (Å²) >= 11 is 9.83. The molecule has 4 aromatic rings. The summed E-state index contributed by atoms with van der Waals surface area (Å²) in [5.74, 6) is 0.831. The number of thiophene rings is 1. The van der Waals surface area contributed by atoms with E-state index in [9.17, 15) is 0 Å². The average molecular weight is 411 g/mol. The second-order valence-electron chi connectivity index (χ2n) is 6.72. The fourth-order valence-electron chi connectivity index (χ4n) is 3.09. The largest absolute Gasteiger partial charge is 0.211 e. The van der Waals surface area contributed by atoms with E-state index in [-0.39, 0.29) is 0 Å². The number of aryl methyl sites for hydroxylation is 3. The molecule has 0 radical (unpaired) electrons. The molecule has 0 amide bonds. The smallest absolute Gasteiger partial charge is 0.190 e. The van der Waals surface area contributed by atoms with Gasteiger partial charge in [0, 0.05) is 16.7 Å². The van der Waals surface area contributed by atoms with Crippen LogP contribution in [0.1, 0.15) is 22.3 Å². The second-order valence-corrected chi connectivity index (χ2v) is 8.88. The molecule has 0 N–H and O–H groups in total. The van der Waals surface area contributed by atoms with E-state index in [1.807, 2.05) is 0 Å². The van der Waals surface area contributed by atoms with Crippen molar-refractivity contribution in [3.63, 3.8) is 0 Å². The first-order valence-electron chi connectivity index (χ1n) is 8.72. The highest BCUT2D eigenvalue weighted by molar-refractivity contribution is 7.98. The summed E-state index contributed by atoms with van der Waals surface area (Å²) in [5, 5.41) is 4.34. The lowest BCUT2D eigenvalue weighted by Crippen LogP contribution is -1.90. The van der Waals surface area contributed by atoms with Gasteiger partial charge in [0.2, 0.25) is 0 Å². The van der Waals surface area contributed by atoms with Crippen LogP contribution in [-0.4, -0.2) is 9.97 Å². The highest BCUT2D eigenvalue weighted by atomic mass is 35.5. The summed E-state index contributed by atoms with van der Waals surface area (Å²) in [5.41, 5.74) is 7.33. The molecule has 27 heavy (non-hydrogen) atoms. The van der Waals surface area contributed by atoms with Gasteiger partial charge in [-0.1, -0.05) is 77.0 Å². The number of hydrogen-bond donors (Lipinski definition) is 0. The molecule has 2 nitrogen and oxygen atoms in total. The first-order chi connectivity index (χ1) is 13.0. The Labute approximate surface area is 172 Å². The Bertz CT molecular complexity index is 1120. The molecule has 0 fully saturated rings. The van der Waals surface area contributed by atoms with Crippen molar-refractivity contribution in [1.82, 2.24) is 9.97 Å². The monoisotopic (exact) mass is 410 g/mol. The van der Waals surface area contributed by atoms with Crippen molar-refractivity contribution in [1.29, 1.82) is 0 Å². The Kier molecular flexibility index (Phi) is 5.22. The maximum Gasteiger partial charge on any atom is 0.190 e. The normalized spacial score (nSPS) is 11.3. The number of nitrogens with zero attached hydrogens (tertiary/aromatic N) is 2. The van der Waals surface area contributed by atoms with E-state index in [1.54, 1.807) is 23.1 Å². The van der Waals surface area contributed by atoms with Crippen LogP contribution in [0.5, 0.6) is 0 Å². The van der Waals surface area contributed by atoms with Crippen molar-refractivity contribution in [3.05, 3.63) is 75.3 Å². The lowest BCUT2D eigenvalue weighted by Gasteiger charge is -2.07. The van der Waals surface area contributed by atoms with E-state index in [0.717, 1.165) is 26.7 Å². The van der Waals surface area contributed by atoms with Gasteiger partial charge in [-0.3, -0.25) is 0 Å². The number of benzene rings is 2. The van der Waals surface area contributed by atoms with Crippen LogP contribution in [0.4, 0.5) is 0 Å². The number of thioether (sulfide) groups is 1. The molecule has 5 heteroatoms. The molecule has 0 aliphatic heterocycles. The minimum atomic E-state index is 0.530. The molecule has 0 saturated carbocycles. The Hall–Kier alpha value is -1.88. The zero-order chi connectivity index (χ0) is 19.0. The maximum absolute atomic E-state index is 6.59. The summed E-state index contributed by atoms with van der Waals surface area (Å²) in [6, 6.07) is 15.0. The highest BCUT2D eigenvalue weighted by Gasteiger charge is 2.15. The number of rotatable bonds is 4. The third kappa shape index (κ3) is 3.88. The Balaban J connectivity index is 1.66. The van der Waals surface area contributed by atoms with E-state index in [0.29, 0.717) is 5.15 Å².